The first-order chi connectivity index (χ1) is 7.38. The average Bonchev–Trinajstić information content (AvgIpc) is 2.14. The number of halogens is 1. The lowest BCUT2D eigenvalue weighted by atomic mass is 10.1. The van der Waals surface area contributed by atoms with Crippen molar-refractivity contribution in [2.24, 2.45) is 0 Å². The Morgan fingerprint density at radius 2 is 1.94 bits per heavy atom. The molecule has 0 heterocycles. The fraction of sp³-hybridized carbons (Fsp3) is 0.308. The monoisotopic (exact) mass is 281 g/mol. The molecule has 1 aromatic rings. The molecule has 1 amide bonds. The van der Waals surface area contributed by atoms with Gasteiger partial charge in [0.15, 0.2) is 0 Å². The number of carbonyl (C=O) groups is 1. The minimum atomic E-state index is -0.199. The Morgan fingerprint density at radius 3 is 2.50 bits per heavy atom. The molecule has 0 atom stereocenters. The molecule has 0 fully saturated rings. The number of benzene rings is 1. The van der Waals surface area contributed by atoms with Gasteiger partial charge < -0.3 is 5.32 Å². The molecule has 0 unspecified atom stereocenters. The molecule has 0 aliphatic heterocycles. The molecule has 0 saturated heterocycles. The van der Waals surface area contributed by atoms with E-state index in [-0.39, 0.29) is 11.4 Å². The van der Waals surface area contributed by atoms with Gasteiger partial charge in [-0.2, -0.15) is 0 Å². The third-order valence-corrected chi connectivity index (χ3v) is 2.54. The minimum absolute atomic E-state index is 0.0803. The van der Waals surface area contributed by atoms with Crippen LogP contribution in [0.2, 0.25) is 0 Å². The maximum Gasteiger partial charge on any atom is 0.244 e. The summed E-state index contributed by atoms with van der Waals surface area (Å²) in [6, 6.07) is 7.77. The van der Waals surface area contributed by atoms with E-state index in [1.165, 1.54) is 0 Å². The van der Waals surface area contributed by atoms with E-state index in [2.05, 4.69) is 21.2 Å². The van der Waals surface area contributed by atoms with E-state index >= 15 is 0 Å². The fourth-order valence-corrected chi connectivity index (χ4v) is 1.60. The van der Waals surface area contributed by atoms with Crippen LogP contribution >= 0.6 is 15.9 Å². The second-order valence-electron chi connectivity index (χ2n) is 4.59. The lowest BCUT2D eigenvalue weighted by Gasteiger charge is -2.18. The van der Waals surface area contributed by atoms with E-state index in [0.717, 1.165) is 10.0 Å². The van der Waals surface area contributed by atoms with Crippen LogP contribution in [0.15, 0.2) is 34.8 Å². The van der Waals surface area contributed by atoms with Crippen molar-refractivity contribution in [2.45, 2.75) is 26.3 Å². The van der Waals surface area contributed by atoms with Crippen molar-refractivity contribution in [1.82, 2.24) is 5.32 Å². The number of hydrogen-bond acceptors (Lipinski definition) is 1. The van der Waals surface area contributed by atoms with Crippen LogP contribution in [-0.2, 0) is 4.79 Å². The summed E-state index contributed by atoms with van der Waals surface area (Å²) in [5.74, 6) is -0.0803. The molecule has 2 nitrogen and oxygen atoms in total. The Labute approximate surface area is 105 Å². The molecule has 0 radical (unpaired) electrons. The predicted molar refractivity (Wildman–Crippen MR) is 71.1 cm³/mol. The van der Waals surface area contributed by atoms with Gasteiger partial charge in [-0.25, -0.2) is 0 Å². The van der Waals surface area contributed by atoms with Gasteiger partial charge in [0.1, 0.15) is 0 Å². The number of carbonyl (C=O) groups excluding carboxylic acids is 1. The van der Waals surface area contributed by atoms with Crippen LogP contribution in [0.1, 0.15) is 26.3 Å². The Bertz CT molecular complexity index is 405. The Kier molecular flexibility index (Phi) is 4.30. The molecule has 0 aromatic heterocycles. The average molecular weight is 282 g/mol. The molecular formula is C13H16BrNO. The number of amides is 1. The van der Waals surface area contributed by atoms with Crippen molar-refractivity contribution < 1.29 is 4.79 Å². The van der Waals surface area contributed by atoms with Crippen LogP contribution in [0.4, 0.5) is 0 Å². The first-order valence-electron chi connectivity index (χ1n) is 5.13. The summed E-state index contributed by atoms with van der Waals surface area (Å²) in [5.41, 5.74) is 0.793. The summed E-state index contributed by atoms with van der Waals surface area (Å²) >= 11 is 3.42. The van der Waals surface area contributed by atoms with Crippen LogP contribution in [0.25, 0.3) is 6.08 Å². The van der Waals surface area contributed by atoms with Crippen LogP contribution < -0.4 is 5.32 Å². The summed E-state index contributed by atoms with van der Waals surface area (Å²) in [7, 11) is 0. The van der Waals surface area contributed by atoms with Gasteiger partial charge in [-0.15, -0.1) is 0 Å². The number of rotatable bonds is 2. The molecule has 86 valence electrons. The molecule has 0 aliphatic rings. The van der Waals surface area contributed by atoms with Crippen LogP contribution in [0.3, 0.4) is 0 Å². The normalized spacial score (nSPS) is 11.8. The summed E-state index contributed by atoms with van der Waals surface area (Å²) in [6.45, 7) is 5.87. The second-order valence-corrected chi connectivity index (χ2v) is 5.45. The van der Waals surface area contributed by atoms with E-state index in [1.54, 1.807) is 12.2 Å². The summed E-state index contributed by atoms with van der Waals surface area (Å²) in [6.07, 6.45) is 3.34. The number of hydrogen-bond donors (Lipinski definition) is 1. The highest BCUT2D eigenvalue weighted by atomic mass is 79.9. The second kappa shape index (κ2) is 5.30. The van der Waals surface area contributed by atoms with Crippen molar-refractivity contribution in [3.8, 4) is 0 Å². The lowest BCUT2D eigenvalue weighted by molar-refractivity contribution is -0.117. The summed E-state index contributed by atoms with van der Waals surface area (Å²) in [5, 5.41) is 2.87. The third-order valence-electron chi connectivity index (χ3n) is 1.82. The van der Waals surface area contributed by atoms with Crippen molar-refractivity contribution in [2.75, 3.05) is 0 Å². The molecule has 3 heteroatoms. The molecule has 1 aromatic carbocycles. The van der Waals surface area contributed by atoms with E-state index in [4.69, 9.17) is 0 Å². The van der Waals surface area contributed by atoms with Gasteiger partial charge >= 0.3 is 0 Å². The van der Waals surface area contributed by atoms with Gasteiger partial charge in [0.25, 0.3) is 0 Å². The standard InChI is InChI=1S/C13H16BrNO/c1-13(2,3)15-12(16)9-8-10-6-4-5-7-11(10)14/h4-9H,1-3H3,(H,15,16). The van der Waals surface area contributed by atoms with Gasteiger partial charge in [-0.1, -0.05) is 34.1 Å². The molecule has 0 spiro atoms. The van der Waals surface area contributed by atoms with Crippen LogP contribution in [0.5, 0.6) is 0 Å². The molecular weight excluding hydrogens is 266 g/mol. The molecule has 0 aliphatic carbocycles. The predicted octanol–water partition coefficient (Wildman–Crippen LogP) is 3.38. The van der Waals surface area contributed by atoms with Crippen LogP contribution in [0, 0.1) is 0 Å². The molecule has 1 N–H and O–H groups in total. The zero-order valence-corrected chi connectivity index (χ0v) is 11.3. The van der Waals surface area contributed by atoms with Gasteiger partial charge in [-0.3, -0.25) is 4.79 Å². The smallest absolute Gasteiger partial charge is 0.244 e. The Balaban J connectivity index is 2.68. The zero-order chi connectivity index (χ0) is 12.2. The molecule has 16 heavy (non-hydrogen) atoms. The third kappa shape index (κ3) is 4.62. The maximum atomic E-state index is 11.5. The summed E-state index contributed by atoms with van der Waals surface area (Å²) in [4.78, 5) is 11.5. The van der Waals surface area contributed by atoms with Crippen molar-refractivity contribution >= 4 is 27.9 Å². The van der Waals surface area contributed by atoms with Gasteiger partial charge in [0, 0.05) is 16.1 Å². The molecule has 0 bridgehead atoms. The van der Waals surface area contributed by atoms with Crippen molar-refractivity contribution in [3.05, 3.63) is 40.4 Å². The van der Waals surface area contributed by atoms with Crippen molar-refractivity contribution in [1.29, 1.82) is 0 Å². The topological polar surface area (TPSA) is 29.1 Å². The maximum absolute atomic E-state index is 11.5. The highest BCUT2D eigenvalue weighted by Crippen LogP contribution is 2.16. The van der Waals surface area contributed by atoms with Gasteiger partial charge in [0.2, 0.25) is 5.91 Å². The number of nitrogens with one attached hydrogen (secondary N) is 1. The Hall–Kier alpha value is -1.09. The minimum Gasteiger partial charge on any atom is -0.348 e. The first kappa shape index (κ1) is 13.0. The van der Waals surface area contributed by atoms with E-state index in [9.17, 15) is 4.79 Å². The Morgan fingerprint density at radius 1 is 1.31 bits per heavy atom. The highest BCUT2D eigenvalue weighted by Gasteiger charge is 2.11. The van der Waals surface area contributed by atoms with E-state index in [1.807, 2.05) is 45.0 Å². The van der Waals surface area contributed by atoms with Crippen LogP contribution in [-0.4, -0.2) is 11.4 Å². The van der Waals surface area contributed by atoms with Gasteiger partial charge in [-0.05, 0) is 38.5 Å². The first-order valence-corrected chi connectivity index (χ1v) is 5.92. The van der Waals surface area contributed by atoms with Gasteiger partial charge in [0.05, 0.1) is 0 Å². The summed E-state index contributed by atoms with van der Waals surface area (Å²) < 4.78 is 0.981. The highest BCUT2D eigenvalue weighted by molar-refractivity contribution is 9.10. The van der Waals surface area contributed by atoms with E-state index < -0.39 is 0 Å². The zero-order valence-electron chi connectivity index (χ0n) is 9.75. The lowest BCUT2D eigenvalue weighted by Crippen LogP contribution is -2.39. The molecule has 0 saturated carbocycles. The van der Waals surface area contributed by atoms with E-state index in [0.29, 0.717) is 0 Å². The largest absolute Gasteiger partial charge is 0.348 e. The fourth-order valence-electron chi connectivity index (χ4n) is 1.19. The quantitative estimate of drug-likeness (QED) is 0.828. The molecule has 1 rings (SSSR count). The van der Waals surface area contributed by atoms with Crippen molar-refractivity contribution in [3.63, 3.8) is 0 Å². The SMILES string of the molecule is CC(C)(C)NC(=O)C=Cc1ccccc1Br.